The summed E-state index contributed by atoms with van der Waals surface area (Å²) in [7, 11) is 1.33. The van der Waals surface area contributed by atoms with E-state index in [0.29, 0.717) is 18.4 Å². The summed E-state index contributed by atoms with van der Waals surface area (Å²) in [5, 5.41) is 14.2. The largest absolute Gasteiger partial charge is 0.467 e. The summed E-state index contributed by atoms with van der Waals surface area (Å²) in [6.45, 7) is 0. The molecule has 0 atom stereocenters. The monoisotopic (exact) mass is 237 g/mol. The first-order valence-electron chi connectivity index (χ1n) is 5.04. The Labute approximate surface area is 96.8 Å². The van der Waals surface area contributed by atoms with Crippen molar-refractivity contribution in [2.45, 2.75) is 18.4 Å². The SMILES string of the molecule is COC(=O)C1(n2cc(/C=C/[N+](=O)[O-])cn2)CC1. The van der Waals surface area contributed by atoms with Gasteiger partial charge in [0, 0.05) is 17.8 Å². The van der Waals surface area contributed by atoms with Crippen LogP contribution in [0.25, 0.3) is 6.08 Å². The van der Waals surface area contributed by atoms with Crippen LogP contribution in [0.3, 0.4) is 0 Å². The molecular weight excluding hydrogens is 226 g/mol. The molecule has 7 heteroatoms. The standard InChI is InChI=1S/C10H11N3O4/c1-17-9(14)10(3-4-10)12-7-8(6-11-12)2-5-13(15)16/h2,5-7H,3-4H2,1H3/b5-2+. The van der Waals surface area contributed by atoms with E-state index < -0.39 is 10.5 Å². The van der Waals surface area contributed by atoms with Crippen molar-refractivity contribution in [3.05, 3.63) is 34.3 Å². The molecule has 1 aromatic rings. The first-order valence-corrected chi connectivity index (χ1v) is 5.04. The number of nitro groups is 1. The van der Waals surface area contributed by atoms with E-state index >= 15 is 0 Å². The van der Waals surface area contributed by atoms with Gasteiger partial charge in [0.25, 0.3) is 0 Å². The summed E-state index contributed by atoms with van der Waals surface area (Å²) in [5.74, 6) is -0.328. The molecule has 1 fully saturated rings. The predicted molar refractivity (Wildman–Crippen MR) is 57.5 cm³/mol. The van der Waals surface area contributed by atoms with Gasteiger partial charge in [-0.25, -0.2) is 4.79 Å². The van der Waals surface area contributed by atoms with Gasteiger partial charge in [-0.15, -0.1) is 0 Å². The molecular formula is C10H11N3O4. The molecule has 17 heavy (non-hydrogen) atoms. The predicted octanol–water partition coefficient (Wildman–Crippen LogP) is 0.793. The van der Waals surface area contributed by atoms with Crippen molar-refractivity contribution in [1.29, 1.82) is 0 Å². The number of aromatic nitrogens is 2. The number of hydrogen-bond acceptors (Lipinski definition) is 5. The van der Waals surface area contributed by atoms with E-state index in [-0.39, 0.29) is 5.97 Å². The van der Waals surface area contributed by atoms with Crippen LogP contribution in [0.4, 0.5) is 0 Å². The van der Waals surface area contributed by atoms with Crippen LogP contribution in [0.2, 0.25) is 0 Å². The summed E-state index contributed by atoms with van der Waals surface area (Å²) in [5.41, 5.74) is -0.119. The highest BCUT2D eigenvalue weighted by atomic mass is 16.6. The van der Waals surface area contributed by atoms with E-state index in [1.54, 1.807) is 6.20 Å². The van der Waals surface area contributed by atoms with Crippen molar-refractivity contribution in [3.63, 3.8) is 0 Å². The number of nitrogens with zero attached hydrogens (tertiary/aromatic N) is 3. The second-order valence-corrected chi connectivity index (χ2v) is 3.84. The van der Waals surface area contributed by atoms with Gasteiger partial charge >= 0.3 is 5.97 Å². The van der Waals surface area contributed by atoms with E-state index in [0.717, 1.165) is 6.20 Å². The first kappa shape index (κ1) is 11.3. The number of esters is 1. The zero-order chi connectivity index (χ0) is 12.5. The Hall–Kier alpha value is -2.18. The normalized spacial score (nSPS) is 17.0. The lowest BCUT2D eigenvalue weighted by Gasteiger charge is -2.12. The number of carbonyl (C=O) groups excluding carboxylic acids is 1. The molecule has 0 aliphatic heterocycles. The molecule has 0 saturated heterocycles. The van der Waals surface area contributed by atoms with Gasteiger partial charge in [-0.05, 0) is 12.8 Å². The van der Waals surface area contributed by atoms with Crippen LogP contribution in [-0.2, 0) is 15.1 Å². The van der Waals surface area contributed by atoms with Gasteiger partial charge in [0.2, 0.25) is 6.20 Å². The Morgan fingerprint density at radius 1 is 1.71 bits per heavy atom. The number of hydrogen-bond donors (Lipinski definition) is 0. The summed E-state index contributed by atoms with van der Waals surface area (Å²) in [4.78, 5) is 21.2. The van der Waals surface area contributed by atoms with Crippen LogP contribution >= 0.6 is 0 Å². The van der Waals surface area contributed by atoms with Gasteiger partial charge < -0.3 is 4.74 Å². The molecule has 0 aromatic carbocycles. The molecule has 1 aliphatic rings. The van der Waals surface area contributed by atoms with E-state index in [9.17, 15) is 14.9 Å². The molecule has 1 aliphatic carbocycles. The molecule has 0 spiro atoms. The van der Waals surface area contributed by atoms with Crippen molar-refractivity contribution in [2.24, 2.45) is 0 Å². The zero-order valence-corrected chi connectivity index (χ0v) is 9.20. The van der Waals surface area contributed by atoms with Gasteiger partial charge in [0.05, 0.1) is 18.2 Å². The van der Waals surface area contributed by atoms with Crippen molar-refractivity contribution in [2.75, 3.05) is 7.11 Å². The van der Waals surface area contributed by atoms with Gasteiger partial charge in [-0.2, -0.15) is 5.10 Å². The van der Waals surface area contributed by atoms with Gasteiger partial charge in [0.1, 0.15) is 0 Å². The van der Waals surface area contributed by atoms with Crippen LogP contribution < -0.4 is 0 Å². The lowest BCUT2D eigenvalue weighted by molar-refractivity contribution is -0.400. The van der Waals surface area contributed by atoms with E-state index in [4.69, 9.17) is 4.74 Å². The second-order valence-electron chi connectivity index (χ2n) is 3.84. The maximum absolute atomic E-state index is 11.6. The summed E-state index contributed by atoms with van der Waals surface area (Å²) in [6, 6.07) is 0. The van der Waals surface area contributed by atoms with E-state index in [2.05, 4.69) is 5.10 Å². The molecule has 0 bridgehead atoms. The maximum Gasteiger partial charge on any atom is 0.333 e. The van der Waals surface area contributed by atoms with Crippen LogP contribution in [0.15, 0.2) is 18.6 Å². The smallest absolute Gasteiger partial charge is 0.333 e. The average Bonchev–Trinajstić information content (AvgIpc) is 2.98. The summed E-state index contributed by atoms with van der Waals surface area (Å²) < 4.78 is 6.23. The zero-order valence-electron chi connectivity index (χ0n) is 9.20. The van der Waals surface area contributed by atoms with Crippen LogP contribution in [0, 0.1) is 10.1 Å². The Morgan fingerprint density at radius 2 is 2.41 bits per heavy atom. The van der Waals surface area contributed by atoms with Gasteiger partial charge in [-0.1, -0.05) is 0 Å². The fourth-order valence-corrected chi connectivity index (χ4v) is 1.64. The third-order valence-electron chi connectivity index (χ3n) is 2.72. The molecule has 0 N–H and O–H groups in total. The molecule has 7 nitrogen and oxygen atoms in total. The Balaban J connectivity index is 2.19. The summed E-state index contributed by atoms with van der Waals surface area (Å²) >= 11 is 0. The van der Waals surface area contributed by atoms with E-state index in [1.807, 2.05) is 0 Å². The van der Waals surface area contributed by atoms with Crippen molar-refractivity contribution < 1.29 is 14.5 Å². The van der Waals surface area contributed by atoms with Crippen LogP contribution in [-0.4, -0.2) is 27.8 Å². The molecule has 0 radical (unpaired) electrons. The maximum atomic E-state index is 11.6. The quantitative estimate of drug-likeness (QED) is 0.439. The molecule has 0 amide bonds. The third-order valence-corrected chi connectivity index (χ3v) is 2.72. The molecule has 1 heterocycles. The van der Waals surface area contributed by atoms with Crippen molar-refractivity contribution >= 4 is 12.0 Å². The number of rotatable bonds is 4. The second kappa shape index (κ2) is 4.00. The molecule has 2 rings (SSSR count). The van der Waals surface area contributed by atoms with Crippen molar-refractivity contribution in [3.8, 4) is 0 Å². The molecule has 90 valence electrons. The highest BCUT2D eigenvalue weighted by Crippen LogP contribution is 2.44. The summed E-state index contributed by atoms with van der Waals surface area (Å²) in [6.07, 6.45) is 6.60. The first-order chi connectivity index (χ1) is 8.08. The number of ether oxygens (including phenoxy) is 1. The van der Waals surface area contributed by atoms with Gasteiger partial charge in [0.15, 0.2) is 5.54 Å². The van der Waals surface area contributed by atoms with Gasteiger partial charge in [-0.3, -0.25) is 14.8 Å². The Morgan fingerprint density at radius 3 is 2.94 bits per heavy atom. The molecule has 0 unspecified atom stereocenters. The minimum Gasteiger partial charge on any atom is -0.467 e. The van der Waals surface area contributed by atoms with Crippen molar-refractivity contribution in [1.82, 2.24) is 9.78 Å². The molecule has 1 saturated carbocycles. The average molecular weight is 237 g/mol. The Kier molecular flexibility index (Phi) is 2.66. The van der Waals surface area contributed by atoms with E-state index in [1.165, 1.54) is 24.1 Å². The molecule has 1 aromatic heterocycles. The number of carbonyl (C=O) groups is 1. The Bertz CT molecular complexity index is 487. The lowest BCUT2D eigenvalue weighted by atomic mass is 10.3. The minimum atomic E-state index is -0.699. The topological polar surface area (TPSA) is 87.3 Å². The third kappa shape index (κ3) is 2.03. The fourth-order valence-electron chi connectivity index (χ4n) is 1.64. The number of methoxy groups -OCH3 is 1. The van der Waals surface area contributed by atoms with Crippen LogP contribution in [0.1, 0.15) is 18.4 Å². The lowest BCUT2D eigenvalue weighted by Crippen LogP contribution is -2.29. The highest BCUT2D eigenvalue weighted by Gasteiger charge is 2.53. The highest BCUT2D eigenvalue weighted by molar-refractivity contribution is 5.81. The fraction of sp³-hybridized carbons (Fsp3) is 0.400. The minimum absolute atomic E-state index is 0.328. The van der Waals surface area contributed by atoms with Crippen LogP contribution in [0.5, 0.6) is 0 Å².